The van der Waals surface area contributed by atoms with Crippen LogP contribution in [0.25, 0.3) is 0 Å². The van der Waals surface area contributed by atoms with Gasteiger partial charge in [0.05, 0.1) is 6.10 Å². The third-order valence-corrected chi connectivity index (χ3v) is 12.4. The first-order valence-electron chi connectivity index (χ1n) is 14.7. The van der Waals surface area contributed by atoms with E-state index in [1.54, 1.807) is 0 Å². The first-order chi connectivity index (χ1) is 17.2. The fourth-order valence-corrected chi connectivity index (χ4v) is 9.02. The normalized spacial score (nSPS) is 19.9. The summed E-state index contributed by atoms with van der Waals surface area (Å²) in [7, 11) is 0. The van der Waals surface area contributed by atoms with Gasteiger partial charge in [0.25, 0.3) is 6.57 Å². The topological polar surface area (TPSA) is 93.1 Å². The Morgan fingerprint density at radius 2 is 1.56 bits per heavy atom. The van der Waals surface area contributed by atoms with Crippen LogP contribution in [0.5, 0.6) is 0 Å². The number of hydrogen-bond acceptors (Lipinski definition) is 5. The molecule has 0 spiro atoms. The number of carboxylic acid groups (broad SMARTS) is 1. The maximum absolute atomic E-state index is 13.3. The smallest absolute Gasteiger partial charge is 0.346 e. The predicted molar refractivity (Wildman–Crippen MR) is 152 cm³/mol. The lowest BCUT2D eigenvalue weighted by molar-refractivity contribution is -0.154. The lowest BCUT2D eigenvalue weighted by Crippen LogP contribution is -2.38. The lowest BCUT2D eigenvalue weighted by Gasteiger charge is -2.37. The van der Waals surface area contributed by atoms with Crippen LogP contribution in [0, 0.1) is 11.8 Å². The fraction of sp³-hybridized carbons (Fsp3) is 0.964. The first-order valence-corrected chi connectivity index (χ1v) is 17.9. The van der Waals surface area contributed by atoms with Gasteiger partial charge in [-0.1, -0.05) is 116 Å². The SMILES string of the molecule is CCCCCCCCCCOC(CCC)C(CSP(=O)(O)C(C)(OCCC)C(=O)O)C1CCCCC1. The van der Waals surface area contributed by atoms with Crippen molar-refractivity contribution in [2.24, 2.45) is 11.8 Å². The van der Waals surface area contributed by atoms with Crippen molar-refractivity contribution in [3.63, 3.8) is 0 Å². The molecule has 8 heteroatoms. The molecule has 36 heavy (non-hydrogen) atoms. The lowest BCUT2D eigenvalue weighted by atomic mass is 9.77. The van der Waals surface area contributed by atoms with Crippen LogP contribution in [0.15, 0.2) is 0 Å². The summed E-state index contributed by atoms with van der Waals surface area (Å²) >= 11 is 0.902. The number of aliphatic carboxylic acids is 1. The summed E-state index contributed by atoms with van der Waals surface area (Å²) in [5, 5.41) is 7.66. The summed E-state index contributed by atoms with van der Waals surface area (Å²) in [6.45, 7) is 4.20. The summed E-state index contributed by atoms with van der Waals surface area (Å²) in [5.74, 6) is -0.346. The molecular weight excluding hydrogens is 495 g/mol. The Bertz CT molecular complexity index is 627. The van der Waals surface area contributed by atoms with Crippen LogP contribution >= 0.6 is 18.0 Å². The van der Waals surface area contributed by atoms with Crippen molar-refractivity contribution in [2.75, 3.05) is 19.0 Å². The molecule has 0 amide bonds. The van der Waals surface area contributed by atoms with Gasteiger partial charge in [-0.15, -0.1) is 0 Å². The largest absolute Gasteiger partial charge is 0.479 e. The molecule has 1 aliphatic carbocycles. The number of ether oxygens (including phenoxy) is 2. The van der Waals surface area contributed by atoms with E-state index < -0.39 is 17.9 Å². The Morgan fingerprint density at radius 3 is 2.11 bits per heavy atom. The highest BCUT2D eigenvalue weighted by Crippen LogP contribution is 2.66. The van der Waals surface area contributed by atoms with E-state index in [0.29, 0.717) is 18.1 Å². The highest BCUT2D eigenvalue weighted by molar-refractivity contribution is 8.56. The van der Waals surface area contributed by atoms with E-state index in [9.17, 15) is 19.4 Å². The van der Waals surface area contributed by atoms with Crippen molar-refractivity contribution < 1.29 is 28.8 Å². The molecule has 0 aromatic carbocycles. The second-order valence-electron chi connectivity index (χ2n) is 10.7. The molecule has 0 saturated heterocycles. The van der Waals surface area contributed by atoms with Crippen LogP contribution in [-0.2, 0) is 18.8 Å². The van der Waals surface area contributed by atoms with Gasteiger partial charge in [-0.3, -0.25) is 4.57 Å². The average molecular weight is 551 g/mol. The van der Waals surface area contributed by atoms with Crippen molar-refractivity contribution in [3.05, 3.63) is 0 Å². The maximum Gasteiger partial charge on any atom is 0.346 e. The third-order valence-electron chi connectivity index (χ3n) is 7.60. The number of hydrogen-bond donors (Lipinski definition) is 2. The fourth-order valence-electron chi connectivity index (χ4n) is 5.16. The summed E-state index contributed by atoms with van der Waals surface area (Å²) in [4.78, 5) is 22.9. The van der Waals surface area contributed by atoms with Crippen LogP contribution in [0.4, 0.5) is 0 Å². The molecule has 4 atom stereocenters. The van der Waals surface area contributed by atoms with E-state index >= 15 is 0 Å². The Balaban J connectivity index is 2.79. The minimum Gasteiger partial charge on any atom is -0.479 e. The summed E-state index contributed by atoms with van der Waals surface area (Å²) in [6, 6.07) is 0. The molecule has 6 nitrogen and oxygen atoms in total. The van der Waals surface area contributed by atoms with Crippen molar-refractivity contribution in [1.82, 2.24) is 0 Å². The zero-order chi connectivity index (χ0) is 26.9. The summed E-state index contributed by atoms with van der Waals surface area (Å²) in [6.07, 6.45) is 18.5. The molecular formula is C28H55O6PS. The summed E-state index contributed by atoms with van der Waals surface area (Å²) < 4.78 is 25.3. The van der Waals surface area contributed by atoms with Crippen LogP contribution in [0.2, 0.25) is 0 Å². The molecule has 0 bridgehead atoms. The Labute approximate surface area is 225 Å². The molecule has 1 saturated carbocycles. The average Bonchev–Trinajstić information content (AvgIpc) is 2.86. The second-order valence-corrected chi connectivity index (χ2v) is 15.4. The van der Waals surface area contributed by atoms with Crippen LogP contribution < -0.4 is 0 Å². The van der Waals surface area contributed by atoms with E-state index in [0.717, 1.165) is 50.1 Å². The van der Waals surface area contributed by atoms with Gasteiger partial charge in [0.15, 0.2) is 0 Å². The molecule has 1 fully saturated rings. The standard InChI is InChI=1S/C28H55O6PS/c1-5-8-9-10-11-12-13-17-22-33-26(18-6-2)25(24-19-15-14-16-20-24)23-36-35(31,32)28(4,27(29)30)34-21-7-3/h24-26H,5-23H2,1-4H3,(H,29,30)(H,31,32). The van der Waals surface area contributed by atoms with Gasteiger partial charge in [-0.25, -0.2) is 4.79 Å². The minimum absolute atomic E-state index is 0.0443. The van der Waals surface area contributed by atoms with E-state index in [4.69, 9.17) is 9.47 Å². The molecule has 214 valence electrons. The van der Waals surface area contributed by atoms with E-state index in [1.807, 2.05) is 6.92 Å². The Morgan fingerprint density at radius 1 is 0.944 bits per heavy atom. The zero-order valence-corrected chi connectivity index (χ0v) is 25.3. The molecule has 0 radical (unpaired) electrons. The quantitative estimate of drug-likeness (QED) is 0.103. The van der Waals surface area contributed by atoms with Crippen molar-refractivity contribution in [1.29, 1.82) is 0 Å². The van der Waals surface area contributed by atoms with Crippen LogP contribution in [-0.4, -0.2) is 46.4 Å². The molecule has 0 aromatic rings. The maximum atomic E-state index is 13.3. The molecule has 0 aliphatic heterocycles. The number of carbonyl (C=O) groups is 1. The number of carboxylic acids is 1. The molecule has 4 unspecified atom stereocenters. The highest BCUT2D eigenvalue weighted by atomic mass is 32.7. The van der Waals surface area contributed by atoms with Gasteiger partial charge in [0.2, 0.25) is 5.34 Å². The van der Waals surface area contributed by atoms with Crippen LogP contribution in [0.1, 0.15) is 130 Å². The van der Waals surface area contributed by atoms with E-state index in [2.05, 4.69) is 13.8 Å². The van der Waals surface area contributed by atoms with Gasteiger partial charge in [0.1, 0.15) is 0 Å². The summed E-state index contributed by atoms with van der Waals surface area (Å²) in [5.41, 5.74) is 0. The molecule has 2 N–H and O–H groups in total. The minimum atomic E-state index is -4.18. The highest BCUT2D eigenvalue weighted by Gasteiger charge is 2.52. The molecule has 0 heterocycles. The van der Waals surface area contributed by atoms with E-state index in [-0.39, 0.29) is 18.6 Å². The molecule has 1 rings (SSSR count). The van der Waals surface area contributed by atoms with E-state index in [1.165, 1.54) is 71.1 Å². The molecule has 1 aliphatic rings. The van der Waals surface area contributed by atoms with Crippen molar-refractivity contribution in [3.8, 4) is 0 Å². The van der Waals surface area contributed by atoms with Gasteiger partial charge in [0, 0.05) is 19.0 Å². The zero-order valence-electron chi connectivity index (χ0n) is 23.5. The van der Waals surface area contributed by atoms with Crippen molar-refractivity contribution >= 4 is 23.9 Å². The van der Waals surface area contributed by atoms with Gasteiger partial charge < -0.3 is 19.5 Å². The number of rotatable bonds is 22. The van der Waals surface area contributed by atoms with Gasteiger partial charge >= 0.3 is 5.97 Å². The van der Waals surface area contributed by atoms with Crippen LogP contribution in [0.3, 0.4) is 0 Å². The van der Waals surface area contributed by atoms with Crippen molar-refractivity contribution in [2.45, 2.75) is 142 Å². The molecule has 0 aromatic heterocycles. The first kappa shape index (κ1) is 34.0. The Kier molecular flexibility index (Phi) is 18.0. The second kappa shape index (κ2) is 19.1. The van der Waals surface area contributed by atoms with Gasteiger partial charge in [-0.05, 0) is 38.0 Å². The van der Waals surface area contributed by atoms with Gasteiger partial charge in [-0.2, -0.15) is 0 Å². The number of unbranched alkanes of at least 4 members (excludes halogenated alkanes) is 7. The monoisotopic (exact) mass is 550 g/mol. The predicted octanol–water partition coefficient (Wildman–Crippen LogP) is 8.65. The Hall–Kier alpha value is -0.0700. The third kappa shape index (κ3) is 11.8.